The quantitative estimate of drug-likeness (QED) is 0.833. The number of carbonyl (C=O) groups excluding carboxylic acids is 1. The van der Waals surface area contributed by atoms with Gasteiger partial charge in [0, 0.05) is 24.8 Å². The van der Waals surface area contributed by atoms with Crippen molar-refractivity contribution in [3.8, 4) is 0 Å². The molecule has 2 saturated carbocycles. The second-order valence-corrected chi connectivity index (χ2v) is 5.42. The maximum atomic E-state index is 12.6. The van der Waals surface area contributed by atoms with Gasteiger partial charge in [-0.2, -0.15) is 0 Å². The van der Waals surface area contributed by atoms with E-state index in [0.717, 1.165) is 25.7 Å². The van der Waals surface area contributed by atoms with Crippen LogP contribution in [0.1, 0.15) is 38.5 Å². The summed E-state index contributed by atoms with van der Waals surface area (Å²) in [7, 11) is 0. The summed E-state index contributed by atoms with van der Waals surface area (Å²) in [6.45, 7) is 0.684. The van der Waals surface area contributed by atoms with E-state index in [2.05, 4.69) is 5.32 Å². The van der Waals surface area contributed by atoms with Crippen molar-refractivity contribution in [3.63, 3.8) is 0 Å². The number of nitrogens with one attached hydrogen (secondary N) is 1. The molecule has 2 rings (SSSR count). The molecule has 0 aromatic carbocycles. The van der Waals surface area contributed by atoms with Crippen LogP contribution >= 0.6 is 12.4 Å². The van der Waals surface area contributed by atoms with Gasteiger partial charge < -0.3 is 11.1 Å². The second-order valence-electron chi connectivity index (χ2n) is 5.42. The number of amides is 1. The van der Waals surface area contributed by atoms with Crippen LogP contribution in [-0.4, -0.2) is 24.4 Å². The van der Waals surface area contributed by atoms with Gasteiger partial charge in [-0.1, -0.05) is 0 Å². The van der Waals surface area contributed by atoms with Crippen LogP contribution in [0.2, 0.25) is 0 Å². The molecule has 18 heavy (non-hydrogen) atoms. The van der Waals surface area contributed by atoms with Crippen molar-refractivity contribution >= 4 is 18.3 Å². The van der Waals surface area contributed by atoms with Crippen molar-refractivity contribution in [1.29, 1.82) is 0 Å². The van der Waals surface area contributed by atoms with Crippen molar-refractivity contribution in [3.05, 3.63) is 0 Å². The van der Waals surface area contributed by atoms with Gasteiger partial charge in [-0.3, -0.25) is 4.79 Å². The van der Waals surface area contributed by atoms with Gasteiger partial charge in [0.05, 0.1) is 0 Å². The van der Waals surface area contributed by atoms with Gasteiger partial charge in [0.25, 0.3) is 5.92 Å². The molecule has 0 aliphatic heterocycles. The highest BCUT2D eigenvalue weighted by Crippen LogP contribution is 2.38. The summed E-state index contributed by atoms with van der Waals surface area (Å²) in [5, 5.41) is 2.72. The number of hydrogen-bond donors (Lipinski definition) is 2. The standard InChI is InChI=1S/C12H20F2N2O.ClH/c13-12(14)5-10(6-12)16-11(17)9-3-1-8(7-15)2-4-9;/h8-10H,1-7,15H2,(H,16,17);1H. The first-order chi connectivity index (χ1) is 8.00. The first-order valence-electron chi connectivity index (χ1n) is 6.38. The van der Waals surface area contributed by atoms with Crippen LogP contribution in [0.25, 0.3) is 0 Å². The van der Waals surface area contributed by atoms with Gasteiger partial charge in [-0.15, -0.1) is 12.4 Å². The van der Waals surface area contributed by atoms with Gasteiger partial charge >= 0.3 is 0 Å². The maximum Gasteiger partial charge on any atom is 0.252 e. The average molecular weight is 283 g/mol. The lowest BCUT2D eigenvalue weighted by Crippen LogP contribution is -2.52. The van der Waals surface area contributed by atoms with Crippen molar-refractivity contribution in [1.82, 2.24) is 5.32 Å². The Balaban J connectivity index is 0.00000162. The Morgan fingerprint density at radius 3 is 2.22 bits per heavy atom. The van der Waals surface area contributed by atoms with Crippen LogP contribution in [0, 0.1) is 11.8 Å². The fourth-order valence-corrected chi connectivity index (χ4v) is 2.74. The van der Waals surface area contributed by atoms with Crippen LogP contribution in [0.4, 0.5) is 8.78 Å². The molecule has 0 atom stereocenters. The van der Waals surface area contributed by atoms with E-state index in [0.29, 0.717) is 12.5 Å². The molecule has 106 valence electrons. The van der Waals surface area contributed by atoms with Crippen LogP contribution < -0.4 is 11.1 Å². The second kappa shape index (κ2) is 6.15. The smallest absolute Gasteiger partial charge is 0.252 e. The normalized spacial score (nSPS) is 31.1. The molecule has 3 N–H and O–H groups in total. The van der Waals surface area contributed by atoms with Crippen LogP contribution in [-0.2, 0) is 4.79 Å². The highest BCUT2D eigenvalue weighted by atomic mass is 35.5. The summed E-state index contributed by atoms with van der Waals surface area (Å²) in [5.74, 6) is -2.06. The minimum atomic E-state index is -2.56. The number of hydrogen-bond acceptors (Lipinski definition) is 2. The Morgan fingerprint density at radius 1 is 1.22 bits per heavy atom. The minimum Gasteiger partial charge on any atom is -0.353 e. The van der Waals surface area contributed by atoms with E-state index in [1.165, 1.54) is 0 Å². The molecule has 2 aliphatic rings. The predicted octanol–water partition coefficient (Wildman–Crippen LogP) is 2.09. The van der Waals surface area contributed by atoms with Crippen LogP contribution in [0.5, 0.6) is 0 Å². The van der Waals surface area contributed by atoms with Gasteiger partial charge in [0.15, 0.2) is 0 Å². The van der Waals surface area contributed by atoms with Crippen molar-refractivity contribution in [2.75, 3.05) is 6.54 Å². The summed E-state index contributed by atoms with van der Waals surface area (Å²) < 4.78 is 25.2. The first-order valence-corrected chi connectivity index (χ1v) is 6.38. The zero-order chi connectivity index (χ0) is 12.5. The number of rotatable bonds is 3. The largest absolute Gasteiger partial charge is 0.353 e. The topological polar surface area (TPSA) is 55.1 Å². The third-order valence-electron chi connectivity index (χ3n) is 3.99. The highest BCUT2D eigenvalue weighted by molar-refractivity contribution is 5.85. The minimum absolute atomic E-state index is 0. The van der Waals surface area contributed by atoms with Gasteiger partial charge in [-0.05, 0) is 38.1 Å². The third-order valence-corrected chi connectivity index (χ3v) is 3.99. The monoisotopic (exact) mass is 282 g/mol. The zero-order valence-corrected chi connectivity index (χ0v) is 11.1. The lowest BCUT2D eigenvalue weighted by molar-refractivity contribution is -0.133. The average Bonchev–Trinajstić information content (AvgIpc) is 2.26. The molecular formula is C12H21ClF2N2O. The molecule has 0 saturated heterocycles. The van der Waals surface area contributed by atoms with Crippen LogP contribution in [0.3, 0.4) is 0 Å². The lowest BCUT2D eigenvalue weighted by atomic mass is 9.81. The van der Waals surface area contributed by atoms with Gasteiger partial charge in [0.1, 0.15) is 0 Å². The Labute approximate surface area is 112 Å². The van der Waals surface area contributed by atoms with E-state index in [1.54, 1.807) is 0 Å². The van der Waals surface area contributed by atoms with E-state index >= 15 is 0 Å². The van der Waals surface area contributed by atoms with E-state index in [9.17, 15) is 13.6 Å². The molecule has 0 bridgehead atoms. The summed E-state index contributed by atoms with van der Waals surface area (Å²) in [4.78, 5) is 11.8. The Bertz CT molecular complexity index is 286. The van der Waals surface area contributed by atoms with Gasteiger partial charge in [-0.25, -0.2) is 8.78 Å². The molecule has 0 aromatic heterocycles. The zero-order valence-electron chi connectivity index (χ0n) is 10.3. The van der Waals surface area contributed by atoms with Gasteiger partial charge in [0.2, 0.25) is 5.91 Å². The van der Waals surface area contributed by atoms with Crippen molar-refractivity contribution in [2.24, 2.45) is 17.6 Å². The van der Waals surface area contributed by atoms with E-state index in [-0.39, 0.29) is 43.1 Å². The molecule has 0 spiro atoms. The fraction of sp³-hybridized carbons (Fsp3) is 0.917. The lowest BCUT2D eigenvalue weighted by Gasteiger charge is -2.37. The van der Waals surface area contributed by atoms with E-state index in [1.807, 2.05) is 0 Å². The SMILES string of the molecule is Cl.NCC1CCC(C(=O)NC2CC(F)(F)C2)CC1. The molecule has 0 radical (unpaired) electrons. The molecule has 0 unspecified atom stereocenters. The fourth-order valence-electron chi connectivity index (χ4n) is 2.74. The number of alkyl halides is 2. The number of halogens is 3. The molecule has 0 heterocycles. The molecular weight excluding hydrogens is 262 g/mol. The van der Waals surface area contributed by atoms with Crippen LogP contribution in [0.15, 0.2) is 0 Å². The van der Waals surface area contributed by atoms with E-state index in [4.69, 9.17) is 5.73 Å². The predicted molar refractivity (Wildman–Crippen MR) is 67.9 cm³/mol. The summed E-state index contributed by atoms with van der Waals surface area (Å²) in [6, 6.07) is -0.315. The molecule has 1 amide bonds. The Morgan fingerprint density at radius 2 is 1.78 bits per heavy atom. The summed E-state index contributed by atoms with van der Waals surface area (Å²) in [6.07, 6.45) is 3.26. The molecule has 2 fully saturated rings. The highest BCUT2D eigenvalue weighted by Gasteiger charge is 2.46. The maximum absolute atomic E-state index is 12.6. The summed E-state index contributed by atoms with van der Waals surface area (Å²) in [5.41, 5.74) is 5.58. The van der Waals surface area contributed by atoms with Crippen molar-refractivity contribution < 1.29 is 13.6 Å². The Hall–Kier alpha value is -0.420. The van der Waals surface area contributed by atoms with Crippen molar-refractivity contribution in [2.45, 2.75) is 50.5 Å². The Kier molecular flexibility index (Phi) is 5.34. The third kappa shape index (κ3) is 3.79. The molecule has 6 heteroatoms. The molecule has 2 aliphatic carbocycles. The van der Waals surface area contributed by atoms with E-state index < -0.39 is 5.92 Å². The number of nitrogens with two attached hydrogens (primary N) is 1. The molecule has 0 aromatic rings. The summed E-state index contributed by atoms with van der Waals surface area (Å²) >= 11 is 0. The number of carbonyl (C=O) groups is 1. The molecule has 3 nitrogen and oxygen atoms in total. The first kappa shape index (κ1) is 15.6.